The molecule has 36 heavy (non-hydrogen) atoms. The Labute approximate surface area is 199 Å². The number of pyridine rings is 1. The van der Waals surface area contributed by atoms with Crippen molar-refractivity contribution < 1.29 is 37.3 Å². The summed E-state index contributed by atoms with van der Waals surface area (Å²) in [6.07, 6.45) is -5.01. The average Bonchev–Trinajstić information content (AvgIpc) is 3.60. The number of rotatable bonds is 2. The normalized spacial score (nSPS) is 16.9. The molecule has 0 saturated heterocycles. The molecule has 0 radical (unpaired) electrons. The lowest BCUT2D eigenvalue weighted by molar-refractivity contribution is -0.374. The molecule has 1 aliphatic heterocycles. The molecular formula is C23H17F5N4O4. The molecular weight excluding hydrogens is 491 g/mol. The predicted molar refractivity (Wildman–Crippen MR) is 115 cm³/mol. The fraction of sp³-hybridized carbons (Fsp3) is 0.348. The van der Waals surface area contributed by atoms with Gasteiger partial charge in [0, 0.05) is 18.3 Å². The van der Waals surface area contributed by atoms with Crippen LogP contribution in [-0.4, -0.2) is 42.6 Å². The Morgan fingerprint density at radius 1 is 1.08 bits per heavy atom. The first-order valence-electron chi connectivity index (χ1n) is 10.8. The molecule has 0 bridgehead atoms. The Morgan fingerprint density at radius 2 is 1.81 bits per heavy atom. The van der Waals surface area contributed by atoms with Gasteiger partial charge in [-0.25, -0.2) is 18.1 Å². The minimum atomic E-state index is -4.47. The van der Waals surface area contributed by atoms with Crippen molar-refractivity contribution >= 4 is 22.4 Å². The fourth-order valence-electron chi connectivity index (χ4n) is 4.35. The van der Waals surface area contributed by atoms with Crippen LogP contribution in [0, 0.1) is 28.9 Å². The van der Waals surface area contributed by atoms with E-state index in [2.05, 4.69) is 21.8 Å². The third-order valence-corrected chi connectivity index (χ3v) is 6.35. The SMILES string of the molecule is O=c1nc(N2CCCc3c(C#CC4(C(F)(F)F)CC4)cncc32)c2c(F)c(F)ccc2n1C(O)(O)O. The Hall–Kier alpha value is -3.60. The summed E-state index contributed by atoms with van der Waals surface area (Å²) in [5.74, 6) is 1.70. The molecule has 0 atom stereocenters. The molecule has 3 N–H and O–H groups in total. The number of aliphatic hydroxyl groups is 3. The smallest absolute Gasteiger partial charge is 0.325 e. The molecule has 2 aliphatic rings. The topological polar surface area (TPSA) is 112 Å². The highest BCUT2D eigenvalue weighted by atomic mass is 19.4. The summed E-state index contributed by atoms with van der Waals surface area (Å²) in [6, 6.07) is 1.51. The van der Waals surface area contributed by atoms with Gasteiger partial charge in [-0.05, 0) is 43.4 Å². The van der Waals surface area contributed by atoms with Crippen molar-refractivity contribution in [2.24, 2.45) is 5.41 Å². The third kappa shape index (κ3) is 3.78. The predicted octanol–water partition coefficient (Wildman–Crippen LogP) is 2.39. The molecule has 1 fully saturated rings. The highest BCUT2D eigenvalue weighted by molar-refractivity contribution is 5.93. The summed E-state index contributed by atoms with van der Waals surface area (Å²) < 4.78 is 69.1. The Morgan fingerprint density at radius 3 is 2.44 bits per heavy atom. The van der Waals surface area contributed by atoms with Gasteiger partial charge in [0.1, 0.15) is 5.41 Å². The number of hydrogen-bond acceptors (Lipinski definition) is 7. The highest BCUT2D eigenvalue weighted by Gasteiger charge is 2.62. The number of alkyl halides is 3. The fourth-order valence-corrected chi connectivity index (χ4v) is 4.35. The van der Waals surface area contributed by atoms with Crippen molar-refractivity contribution in [3.8, 4) is 11.8 Å². The van der Waals surface area contributed by atoms with Crippen molar-refractivity contribution in [3.05, 3.63) is 57.8 Å². The Kier molecular flexibility index (Phi) is 5.33. The van der Waals surface area contributed by atoms with Crippen LogP contribution in [0.25, 0.3) is 10.9 Å². The molecule has 0 spiro atoms. The summed E-state index contributed by atoms with van der Waals surface area (Å²) in [5, 5.41) is 28.2. The van der Waals surface area contributed by atoms with E-state index < -0.39 is 51.7 Å². The minimum Gasteiger partial charge on any atom is -0.325 e. The van der Waals surface area contributed by atoms with Gasteiger partial charge >= 0.3 is 18.0 Å². The molecule has 8 nitrogen and oxygen atoms in total. The Balaban J connectivity index is 1.70. The number of anilines is 2. The molecule has 3 aromatic rings. The number of fused-ring (bicyclic) bond motifs is 2. The zero-order valence-electron chi connectivity index (χ0n) is 18.3. The van der Waals surface area contributed by atoms with Crippen LogP contribution in [0.4, 0.5) is 33.5 Å². The maximum atomic E-state index is 15.0. The van der Waals surface area contributed by atoms with E-state index in [1.807, 2.05) is 0 Å². The summed E-state index contributed by atoms with van der Waals surface area (Å²) in [5.41, 5.74) is -3.03. The van der Waals surface area contributed by atoms with Gasteiger partial charge in [-0.3, -0.25) is 4.98 Å². The monoisotopic (exact) mass is 508 g/mol. The van der Waals surface area contributed by atoms with Crippen molar-refractivity contribution in [2.45, 2.75) is 38.0 Å². The lowest BCUT2D eigenvalue weighted by Crippen LogP contribution is -2.43. The van der Waals surface area contributed by atoms with E-state index in [9.17, 15) is 42.1 Å². The van der Waals surface area contributed by atoms with E-state index in [-0.39, 0.29) is 35.2 Å². The van der Waals surface area contributed by atoms with Crippen molar-refractivity contribution in [2.75, 3.05) is 11.4 Å². The van der Waals surface area contributed by atoms with Crippen molar-refractivity contribution in [3.63, 3.8) is 0 Å². The molecule has 0 unspecified atom stereocenters. The molecule has 1 aromatic carbocycles. The third-order valence-electron chi connectivity index (χ3n) is 6.35. The van der Waals surface area contributed by atoms with Gasteiger partial charge in [0.05, 0.1) is 22.8 Å². The molecule has 3 heterocycles. The van der Waals surface area contributed by atoms with E-state index in [1.54, 1.807) is 0 Å². The number of hydrogen-bond donors (Lipinski definition) is 3. The van der Waals surface area contributed by atoms with E-state index in [1.165, 1.54) is 17.3 Å². The lowest BCUT2D eigenvalue weighted by atomic mass is 9.97. The van der Waals surface area contributed by atoms with E-state index in [0.717, 1.165) is 6.07 Å². The molecule has 0 amide bonds. The largest absolute Gasteiger partial charge is 0.405 e. The Bertz CT molecular complexity index is 1510. The van der Waals surface area contributed by atoms with Crippen LogP contribution in [0.2, 0.25) is 0 Å². The first-order chi connectivity index (χ1) is 16.8. The van der Waals surface area contributed by atoms with Crippen LogP contribution in [0.1, 0.15) is 30.4 Å². The molecule has 2 aromatic heterocycles. The van der Waals surface area contributed by atoms with E-state index >= 15 is 0 Å². The minimum absolute atomic E-state index is 0.0222. The van der Waals surface area contributed by atoms with Crippen LogP contribution < -0.4 is 10.6 Å². The number of nitrogens with zero attached hydrogens (tertiary/aromatic N) is 4. The zero-order valence-corrected chi connectivity index (χ0v) is 18.3. The molecule has 1 aliphatic carbocycles. The number of aromatic nitrogens is 3. The second kappa shape index (κ2) is 7.95. The van der Waals surface area contributed by atoms with Crippen molar-refractivity contribution in [1.82, 2.24) is 14.5 Å². The summed E-state index contributed by atoms with van der Waals surface area (Å²) >= 11 is 0. The summed E-state index contributed by atoms with van der Waals surface area (Å²) in [4.78, 5) is 21.7. The molecule has 5 rings (SSSR count). The summed E-state index contributed by atoms with van der Waals surface area (Å²) in [7, 11) is 0. The van der Waals surface area contributed by atoms with Crippen LogP contribution in [-0.2, 0) is 12.5 Å². The number of benzene rings is 1. The van der Waals surface area contributed by atoms with Gasteiger partial charge < -0.3 is 20.2 Å². The van der Waals surface area contributed by atoms with Crippen LogP contribution in [0.5, 0.6) is 0 Å². The molecule has 188 valence electrons. The second-order valence-corrected chi connectivity index (χ2v) is 8.68. The van der Waals surface area contributed by atoms with Gasteiger partial charge in [-0.1, -0.05) is 11.8 Å². The van der Waals surface area contributed by atoms with Crippen LogP contribution in [0.3, 0.4) is 0 Å². The molecule has 13 heteroatoms. The maximum absolute atomic E-state index is 15.0. The molecule has 1 saturated carbocycles. The standard InChI is InChI=1S/C23H17F5N4O4/c24-14-3-4-15-17(18(14)25)19(30-20(33)32(15)23(34,35)36)31-9-1-2-13-12(10-29-11-16(13)31)5-6-21(7-8-21)22(26,27)28/h3-4,10-11,34-36H,1-2,7-9H2. The summed E-state index contributed by atoms with van der Waals surface area (Å²) in [6.45, 7) is 0.141. The first kappa shape index (κ1) is 24.1. The van der Waals surface area contributed by atoms with Gasteiger partial charge in [0.15, 0.2) is 17.5 Å². The number of halogens is 5. The van der Waals surface area contributed by atoms with E-state index in [0.29, 0.717) is 24.5 Å². The van der Waals surface area contributed by atoms with E-state index in [4.69, 9.17) is 0 Å². The van der Waals surface area contributed by atoms with Gasteiger partial charge in [0.2, 0.25) is 0 Å². The quantitative estimate of drug-likeness (QED) is 0.277. The maximum Gasteiger partial charge on any atom is 0.405 e. The second-order valence-electron chi connectivity index (χ2n) is 8.68. The van der Waals surface area contributed by atoms with Crippen LogP contribution >= 0.6 is 0 Å². The van der Waals surface area contributed by atoms with Gasteiger partial charge in [-0.15, -0.1) is 0 Å². The van der Waals surface area contributed by atoms with Crippen LogP contribution in [0.15, 0.2) is 29.3 Å². The lowest BCUT2D eigenvalue weighted by Gasteiger charge is -2.32. The zero-order chi connectivity index (χ0) is 26.0. The average molecular weight is 508 g/mol. The van der Waals surface area contributed by atoms with Crippen molar-refractivity contribution in [1.29, 1.82) is 0 Å². The van der Waals surface area contributed by atoms with Gasteiger partial charge in [0.25, 0.3) is 0 Å². The van der Waals surface area contributed by atoms with Gasteiger partial charge in [-0.2, -0.15) is 18.2 Å². The highest BCUT2D eigenvalue weighted by Crippen LogP contribution is 2.57. The first-order valence-corrected chi connectivity index (χ1v) is 10.8.